The predicted molar refractivity (Wildman–Crippen MR) is 113 cm³/mol. The van der Waals surface area contributed by atoms with Crippen molar-refractivity contribution in [1.29, 1.82) is 0 Å². The number of methoxy groups -OCH3 is 1. The van der Waals surface area contributed by atoms with Gasteiger partial charge in [0.2, 0.25) is 0 Å². The highest BCUT2D eigenvalue weighted by molar-refractivity contribution is 7.17. The number of benzene rings is 2. The first kappa shape index (κ1) is 19.1. The summed E-state index contributed by atoms with van der Waals surface area (Å²) in [5.74, 6) is 0.141. The monoisotopic (exact) mass is 407 g/mol. The van der Waals surface area contributed by atoms with Crippen molar-refractivity contribution in [2.75, 3.05) is 12.4 Å². The first-order valence-electron chi connectivity index (χ1n) is 9.36. The van der Waals surface area contributed by atoms with Crippen molar-refractivity contribution in [3.05, 3.63) is 75.8 Å². The predicted octanol–water partition coefficient (Wildman–Crippen LogP) is 4.13. The minimum atomic E-state index is -0.297. The summed E-state index contributed by atoms with van der Waals surface area (Å²) in [5.41, 5.74) is 3.52. The van der Waals surface area contributed by atoms with E-state index in [0.29, 0.717) is 27.0 Å². The maximum absolute atomic E-state index is 12.8. The van der Waals surface area contributed by atoms with Crippen LogP contribution in [0.15, 0.2) is 48.5 Å². The molecule has 0 saturated heterocycles. The quantitative estimate of drug-likeness (QED) is 0.666. The maximum atomic E-state index is 12.8. The molecule has 4 rings (SSSR count). The fourth-order valence-electron chi connectivity index (χ4n) is 3.53. The van der Waals surface area contributed by atoms with Gasteiger partial charge in [-0.1, -0.05) is 41.7 Å². The van der Waals surface area contributed by atoms with Crippen LogP contribution in [0.4, 0.5) is 5.13 Å². The van der Waals surface area contributed by atoms with Gasteiger partial charge in [-0.25, -0.2) is 4.98 Å². The maximum Gasteiger partial charge on any atom is 0.263 e. The molecule has 1 unspecified atom stereocenters. The molecule has 2 N–H and O–H groups in total. The van der Waals surface area contributed by atoms with Gasteiger partial charge >= 0.3 is 0 Å². The molecule has 7 heteroatoms. The van der Waals surface area contributed by atoms with Gasteiger partial charge in [0, 0.05) is 5.56 Å². The highest BCUT2D eigenvalue weighted by Crippen LogP contribution is 2.32. The molecule has 6 nitrogen and oxygen atoms in total. The Labute approximate surface area is 172 Å². The van der Waals surface area contributed by atoms with Crippen LogP contribution in [0, 0.1) is 6.92 Å². The fraction of sp³-hybridized carbons (Fsp3) is 0.227. The van der Waals surface area contributed by atoms with E-state index in [1.807, 2.05) is 12.1 Å². The Bertz CT molecular complexity index is 1080. The number of nitrogens with zero attached hydrogens (tertiary/aromatic N) is 1. The summed E-state index contributed by atoms with van der Waals surface area (Å²) in [4.78, 5) is 30.2. The van der Waals surface area contributed by atoms with E-state index in [0.717, 1.165) is 12.8 Å². The zero-order valence-electron chi connectivity index (χ0n) is 16.2. The Morgan fingerprint density at radius 1 is 1.14 bits per heavy atom. The summed E-state index contributed by atoms with van der Waals surface area (Å²) in [5, 5.41) is 6.27. The number of nitrogens with one attached hydrogen (secondary N) is 2. The Balaban J connectivity index is 1.46. The molecule has 0 aliphatic heterocycles. The fourth-order valence-corrected chi connectivity index (χ4v) is 4.39. The molecular weight excluding hydrogens is 386 g/mol. The summed E-state index contributed by atoms with van der Waals surface area (Å²) < 4.78 is 5.15. The minimum Gasteiger partial charge on any atom is -0.497 e. The van der Waals surface area contributed by atoms with Crippen LogP contribution in [0.1, 0.15) is 49.3 Å². The van der Waals surface area contributed by atoms with Crippen molar-refractivity contribution in [3.8, 4) is 5.75 Å². The lowest BCUT2D eigenvalue weighted by molar-refractivity contribution is 0.0939. The lowest BCUT2D eigenvalue weighted by Crippen LogP contribution is -2.26. The topological polar surface area (TPSA) is 80.3 Å². The van der Waals surface area contributed by atoms with Crippen LogP contribution in [-0.2, 0) is 6.42 Å². The average Bonchev–Trinajstić information content (AvgIpc) is 3.31. The summed E-state index contributed by atoms with van der Waals surface area (Å²) >= 11 is 1.18. The smallest absolute Gasteiger partial charge is 0.263 e. The number of hydrogen-bond acceptors (Lipinski definition) is 5. The molecule has 148 valence electrons. The van der Waals surface area contributed by atoms with Gasteiger partial charge < -0.3 is 10.1 Å². The van der Waals surface area contributed by atoms with Crippen LogP contribution in [0.25, 0.3) is 0 Å². The van der Waals surface area contributed by atoms with Gasteiger partial charge in [0.25, 0.3) is 11.8 Å². The molecule has 29 heavy (non-hydrogen) atoms. The van der Waals surface area contributed by atoms with Gasteiger partial charge in [0.1, 0.15) is 10.6 Å². The molecule has 0 spiro atoms. The molecule has 0 fully saturated rings. The third-order valence-electron chi connectivity index (χ3n) is 4.99. The van der Waals surface area contributed by atoms with E-state index in [4.69, 9.17) is 4.74 Å². The van der Waals surface area contributed by atoms with Gasteiger partial charge in [0.05, 0.1) is 18.8 Å². The molecule has 0 radical (unpaired) electrons. The number of aromatic nitrogens is 1. The number of anilines is 1. The van der Waals surface area contributed by atoms with E-state index in [-0.39, 0.29) is 17.9 Å². The second-order valence-electron chi connectivity index (χ2n) is 6.88. The molecule has 1 aromatic heterocycles. The van der Waals surface area contributed by atoms with E-state index in [9.17, 15) is 9.59 Å². The first-order chi connectivity index (χ1) is 14.0. The minimum absolute atomic E-state index is 0.00928. The van der Waals surface area contributed by atoms with Crippen LogP contribution >= 0.6 is 11.3 Å². The zero-order chi connectivity index (χ0) is 20.4. The molecule has 0 bridgehead atoms. The summed E-state index contributed by atoms with van der Waals surface area (Å²) in [7, 11) is 1.55. The van der Waals surface area contributed by atoms with Crippen molar-refractivity contribution in [3.63, 3.8) is 0 Å². The largest absolute Gasteiger partial charge is 0.497 e. The molecule has 2 amide bonds. The van der Waals surface area contributed by atoms with Crippen molar-refractivity contribution in [1.82, 2.24) is 10.3 Å². The van der Waals surface area contributed by atoms with E-state index >= 15 is 0 Å². The third-order valence-corrected chi connectivity index (χ3v) is 6.07. The molecule has 3 aromatic rings. The van der Waals surface area contributed by atoms with Gasteiger partial charge in [-0.2, -0.15) is 0 Å². The van der Waals surface area contributed by atoms with Gasteiger partial charge in [-0.3, -0.25) is 14.9 Å². The molecule has 2 aromatic carbocycles. The van der Waals surface area contributed by atoms with Crippen LogP contribution < -0.4 is 15.4 Å². The lowest BCUT2D eigenvalue weighted by atomic mass is 10.1. The molecule has 1 aliphatic carbocycles. The Morgan fingerprint density at radius 3 is 2.79 bits per heavy atom. The van der Waals surface area contributed by atoms with Gasteiger partial charge in [-0.05, 0) is 49.1 Å². The number of hydrogen-bond donors (Lipinski definition) is 2. The summed E-state index contributed by atoms with van der Waals surface area (Å²) in [6, 6.07) is 15.1. The molecule has 1 aliphatic rings. The highest BCUT2D eigenvalue weighted by atomic mass is 32.1. The van der Waals surface area contributed by atoms with E-state index < -0.39 is 0 Å². The number of ether oxygens (including phenoxy) is 1. The van der Waals surface area contributed by atoms with Crippen molar-refractivity contribution < 1.29 is 14.3 Å². The molecular formula is C22H21N3O3S. The second kappa shape index (κ2) is 8.05. The van der Waals surface area contributed by atoms with Gasteiger partial charge in [-0.15, -0.1) is 0 Å². The van der Waals surface area contributed by atoms with Crippen molar-refractivity contribution in [2.24, 2.45) is 0 Å². The number of fused-ring (bicyclic) bond motifs is 1. The first-order valence-corrected chi connectivity index (χ1v) is 10.2. The van der Waals surface area contributed by atoms with E-state index in [2.05, 4.69) is 27.8 Å². The van der Waals surface area contributed by atoms with Crippen LogP contribution in [0.2, 0.25) is 0 Å². The van der Waals surface area contributed by atoms with E-state index in [1.165, 1.54) is 22.5 Å². The number of thiazole rings is 1. The molecule has 0 saturated carbocycles. The summed E-state index contributed by atoms with van der Waals surface area (Å²) in [6.45, 7) is 1.77. The lowest BCUT2D eigenvalue weighted by Gasteiger charge is -2.13. The van der Waals surface area contributed by atoms with Crippen LogP contribution in [0.3, 0.4) is 0 Å². The molecule has 1 heterocycles. The Hall–Kier alpha value is -3.19. The van der Waals surface area contributed by atoms with E-state index in [1.54, 1.807) is 38.3 Å². The van der Waals surface area contributed by atoms with Gasteiger partial charge in [0.15, 0.2) is 5.13 Å². The number of carbonyl (C=O) groups is 2. The molecule has 1 atom stereocenters. The number of carbonyl (C=O) groups excluding carboxylic acids is 2. The van der Waals surface area contributed by atoms with Crippen LogP contribution in [-0.4, -0.2) is 23.9 Å². The zero-order valence-corrected chi connectivity index (χ0v) is 17.0. The summed E-state index contributed by atoms with van der Waals surface area (Å²) in [6.07, 6.45) is 1.85. The highest BCUT2D eigenvalue weighted by Gasteiger charge is 2.25. The normalized spacial score (nSPS) is 14.9. The van der Waals surface area contributed by atoms with Crippen molar-refractivity contribution in [2.45, 2.75) is 25.8 Å². The Kier molecular flexibility index (Phi) is 5.31. The number of amides is 2. The number of aryl methyl sites for hydroxylation is 2. The SMILES string of the molecule is COc1cccc(C(=O)Nc2nc(C)c(C(=O)NC3CCc4ccccc43)s2)c1. The second-order valence-corrected chi connectivity index (χ2v) is 7.88. The average molecular weight is 407 g/mol. The van der Waals surface area contributed by atoms with Crippen molar-refractivity contribution >= 4 is 28.3 Å². The van der Waals surface area contributed by atoms with Crippen LogP contribution in [0.5, 0.6) is 5.75 Å². The third kappa shape index (κ3) is 4.00. The Morgan fingerprint density at radius 2 is 1.97 bits per heavy atom. The standard InChI is InChI=1S/C22H21N3O3S/c1-13-19(21(27)24-18-11-10-14-6-3-4-9-17(14)18)29-22(23-13)25-20(26)15-7-5-8-16(12-15)28-2/h3-9,12,18H,10-11H2,1-2H3,(H,24,27)(H,23,25,26). The number of rotatable bonds is 5.